The second kappa shape index (κ2) is 6.22. The zero-order chi connectivity index (χ0) is 18.2. The maximum Gasteiger partial charge on any atom is 0.433 e. The van der Waals surface area contributed by atoms with E-state index in [2.05, 4.69) is 4.98 Å². The summed E-state index contributed by atoms with van der Waals surface area (Å²) in [6.07, 6.45) is -4.18. The molecular formula is C16H20F4N2O2. The van der Waals surface area contributed by atoms with Crippen molar-refractivity contribution in [2.75, 3.05) is 13.1 Å². The van der Waals surface area contributed by atoms with Gasteiger partial charge in [-0.3, -0.25) is 4.98 Å². The summed E-state index contributed by atoms with van der Waals surface area (Å²) >= 11 is 0. The van der Waals surface area contributed by atoms with Crippen molar-refractivity contribution in [1.82, 2.24) is 9.88 Å². The SMILES string of the molecule is CC(C)(C)OC(=O)N1CCC(F)(c2ccc(C(F)(F)F)nc2)CC1. The lowest BCUT2D eigenvalue weighted by Gasteiger charge is -2.37. The van der Waals surface area contributed by atoms with Gasteiger partial charge in [0.1, 0.15) is 17.0 Å². The van der Waals surface area contributed by atoms with Gasteiger partial charge in [-0.1, -0.05) is 6.07 Å². The lowest BCUT2D eigenvalue weighted by Crippen LogP contribution is -2.45. The van der Waals surface area contributed by atoms with E-state index in [4.69, 9.17) is 4.74 Å². The molecule has 1 aromatic rings. The average Bonchev–Trinajstić information content (AvgIpc) is 2.45. The van der Waals surface area contributed by atoms with Gasteiger partial charge in [-0.15, -0.1) is 0 Å². The van der Waals surface area contributed by atoms with Crippen LogP contribution in [0.25, 0.3) is 0 Å². The zero-order valence-corrected chi connectivity index (χ0v) is 13.8. The van der Waals surface area contributed by atoms with E-state index in [1.54, 1.807) is 20.8 Å². The smallest absolute Gasteiger partial charge is 0.433 e. The summed E-state index contributed by atoms with van der Waals surface area (Å²) in [6.45, 7) is 5.48. The molecule has 0 aliphatic carbocycles. The van der Waals surface area contributed by atoms with Gasteiger partial charge in [0.2, 0.25) is 0 Å². The van der Waals surface area contributed by atoms with Crippen molar-refractivity contribution in [3.8, 4) is 0 Å². The summed E-state index contributed by atoms with van der Waals surface area (Å²) in [5.41, 5.74) is -3.39. The normalized spacial score (nSPS) is 18.4. The Balaban J connectivity index is 2.03. The van der Waals surface area contributed by atoms with Gasteiger partial charge in [-0.25, -0.2) is 9.18 Å². The van der Waals surface area contributed by atoms with Crippen molar-refractivity contribution < 1.29 is 27.1 Å². The van der Waals surface area contributed by atoms with E-state index in [0.717, 1.165) is 18.3 Å². The van der Waals surface area contributed by atoms with Gasteiger partial charge >= 0.3 is 12.3 Å². The molecule has 0 unspecified atom stereocenters. The Morgan fingerprint density at radius 2 is 1.79 bits per heavy atom. The van der Waals surface area contributed by atoms with E-state index in [1.807, 2.05) is 0 Å². The molecule has 0 bridgehead atoms. The van der Waals surface area contributed by atoms with Crippen LogP contribution in [0.4, 0.5) is 22.4 Å². The molecule has 1 amide bonds. The molecule has 24 heavy (non-hydrogen) atoms. The first-order valence-corrected chi connectivity index (χ1v) is 7.61. The molecule has 0 saturated carbocycles. The van der Waals surface area contributed by atoms with Gasteiger partial charge in [0.15, 0.2) is 0 Å². The highest BCUT2D eigenvalue weighted by Crippen LogP contribution is 2.38. The van der Waals surface area contributed by atoms with Crippen LogP contribution in [-0.4, -0.2) is 34.7 Å². The highest BCUT2D eigenvalue weighted by molar-refractivity contribution is 5.68. The van der Waals surface area contributed by atoms with Crippen LogP contribution in [0.15, 0.2) is 18.3 Å². The van der Waals surface area contributed by atoms with Crippen molar-refractivity contribution in [2.24, 2.45) is 0 Å². The second-order valence-corrected chi connectivity index (χ2v) is 6.86. The van der Waals surface area contributed by atoms with E-state index >= 15 is 4.39 Å². The predicted octanol–water partition coefficient (Wildman–Crippen LogP) is 4.30. The fourth-order valence-electron chi connectivity index (χ4n) is 2.49. The quantitative estimate of drug-likeness (QED) is 0.711. The highest BCUT2D eigenvalue weighted by atomic mass is 19.4. The molecule has 1 saturated heterocycles. The third kappa shape index (κ3) is 4.36. The number of nitrogens with zero attached hydrogens (tertiary/aromatic N) is 2. The number of pyridine rings is 1. The number of hydrogen-bond acceptors (Lipinski definition) is 3. The predicted molar refractivity (Wildman–Crippen MR) is 79.1 cm³/mol. The van der Waals surface area contributed by atoms with E-state index < -0.39 is 29.2 Å². The Kier molecular flexibility index (Phi) is 4.79. The number of ether oxygens (including phenoxy) is 1. The molecule has 2 heterocycles. The van der Waals surface area contributed by atoms with Gasteiger partial charge in [0.25, 0.3) is 0 Å². The molecule has 1 fully saturated rings. The molecule has 134 valence electrons. The fourth-order valence-corrected chi connectivity index (χ4v) is 2.49. The zero-order valence-electron chi connectivity index (χ0n) is 13.8. The largest absolute Gasteiger partial charge is 0.444 e. The van der Waals surface area contributed by atoms with Crippen molar-refractivity contribution in [3.63, 3.8) is 0 Å². The highest BCUT2D eigenvalue weighted by Gasteiger charge is 2.40. The van der Waals surface area contributed by atoms with Crippen LogP contribution < -0.4 is 0 Å². The van der Waals surface area contributed by atoms with Crippen LogP contribution in [0.3, 0.4) is 0 Å². The molecule has 0 atom stereocenters. The Labute approximate surface area is 137 Å². The number of alkyl halides is 4. The maximum absolute atomic E-state index is 15.0. The van der Waals surface area contributed by atoms with Crippen LogP contribution in [0.2, 0.25) is 0 Å². The summed E-state index contributed by atoms with van der Waals surface area (Å²) < 4.78 is 57.8. The van der Waals surface area contributed by atoms with Crippen molar-refractivity contribution in [3.05, 3.63) is 29.6 Å². The number of carbonyl (C=O) groups excluding carboxylic acids is 1. The standard InChI is InChI=1S/C16H20F4N2O2/c1-14(2,3)24-13(23)22-8-6-15(17,7-9-22)11-4-5-12(21-10-11)16(18,19)20/h4-5,10H,6-9H2,1-3H3. The minimum atomic E-state index is -4.55. The maximum atomic E-state index is 15.0. The van der Waals surface area contributed by atoms with Crippen molar-refractivity contribution in [1.29, 1.82) is 0 Å². The minimum absolute atomic E-state index is 0.0146. The lowest BCUT2D eigenvalue weighted by molar-refractivity contribution is -0.141. The summed E-state index contributed by atoms with van der Waals surface area (Å²) in [5.74, 6) is 0. The van der Waals surface area contributed by atoms with E-state index in [9.17, 15) is 18.0 Å². The number of hydrogen-bond donors (Lipinski definition) is 0. The number of aromatic nitrogens is 1. The number of halogens is 4. The van der Waals surface area contributed by atoms with E-state index in [1.165, 1.54) is 4.90 Å². The van der Waals surface area contributed by atoms with E-state index in [0.29, 0.717) is 0 Å². The first-order valence-electron chi connectivity index (χ1n) is 7.61. The summed E-state index contributed by atoms with van der Waals surface area (Å²) in [7, 11) is 0. The van der Waals surface area contributed by atoms with Crippen molar-refractivity contribution >= 4 is 6.09 Å². The van der Waals surface area contributed by atoms with Crippen LogP contribution >= 0.6 is 0 Å². The fraction of sp³-hybridized carbons (Fsp3) is 0.625. The Morgan fingerprint density at radius 3 is 2.21 bits per heavy atom. The Morgan fingerprint density at radius 1 is 1.21 bits per heavy atom. The molecule has 0 spiro atoms. The first kappa shape index (κ1) is 18.5. The molecule has 1 aliphatic heterocycles. The monoisotopic (exact) mass is 348 g/mol. The molecule has 8 heteroatoms. The van der Waals surface area contributed by atoms with Crippen LogP contribution in [-0.2, 0) is 16.6 Å². The Bertz CT molecular complexity index is 586. The molecule has 4 nitrogen and oxygen atoms in total. The van der Waals surface area contributed by atoms with Gasteiger partial charge < -0.3 is 9.64 Å². The van der Waals surface area contributed by atoms with Crippen LogP contribution in [0, 0.1) is 0 Å². The van der Waals surface area contributed by atoms with Gasteiger partial charge in [-0.2, -0.15) is 13.2 Å². The van der Waals surface area contributed by atoms with Crippen LogP contribution in [0.5, 0.6) is 0 Å². The van der Waals surface area contributed by atoms with Gasteiger partial charge in [-0.05, 0) is 26.8 Å². The summed E-state index contributed by atoms with van der Waals surface area (Å²) in [5, 5.41) is 0. The topological polar surface area (TPSA) is 42.4 Å². The number of amides is 1. The third-order valence-corrected chi connectivity index (χ3v) is 3.78. The number of likely N-dealkylation sites (tertiary alicyclic amines) is 1. The second-order valence-electron chi connectivity index (χ2n) is 6.86. The molecule has 1 aliphatic rings. The number of piperidine rings is 1. The minimum Gasteiger partial charge on any atom is -0.444 e. The van der Waals surface area contributed by atoms with Gasteiger partial charge in [0.05, 0.1) is 0 Å². The Hall–Kier alpha value is -1.86. The molecule has 1 aromatic heterocycles. The van der Waals surface area contributed by atoms with Crippen molar-refractivity contribution in [2.45, 2.75) is 51.1 Å². The summed E-state index contributed by atoms with van der Waals surface area (Å²) in [6, 6.07) is 1.88. The molecule has 0 radical (unpaired) electrons. The number of rotatable bonds is 1. The molecule has 0 aromatic carbocycles. The third-order valence-electron chi connectivity index (χ3n) is 3.78. The first-order chi connectivity index (χ1) is 10.9. The lowest BCUT2D eigenvalue weighted by atomic mass is 9.87. The molecule has 2 rings (SSSR count). The molecule has 0 N–H and O–H groups in total. The average molecular weight is 348 g/mol. The van der Waals surface area contributed by atoms with Crippen LogP contribution in [0.1, 0.15) is 44.9 Å². The van der Waals surface area contributed by atoms with E-state index in [-0.39, 0.29) is 31.5 Å². The molecular weight excluding hydrogens is 328 g/mol. The summed E-state index contributed by atoms with van der Waals surface area (Å²) in [4.78, 5) is 16.7. The van der Waals surface area contributed by atoms with Gasteiger partial charge in [0, 0.05) is 37.7 Å². The number of carbonyl (C=O) groups is 1.